The predicted molar refractivity (Wildman–Crippen MR) is 88.6 cm³/mol. The highest BCUT2D eigenvalue weighted by atomic mass is 79.9. The molecule has 0 aliphatic heterocycles. The van der Waals surface area contributed by atoms with E-state index in [1.165, 1.54) is 19.3 Å². The van der Waals surface area contributed by atoms with Crippen molar-refractivity contribution >= 4 is 21.7 Å². The van der Waals surface area contributed by atoms with Crippen molar-refractivity contribution in [1.29, 1.82) is 0 Å². The molecule has 0 spiro atoms. The van der Waals surface area contributed by atoms with Gasteiger partial charge in [0.05, 0.1) is 7.11 Å². The van der Waals surface area contributed by atoms with Crippen molar-refractivity contribution in [2.75, 3.05) is 13.7 Å². The van der Waals surface area contributed by atoms with Crippen molar-refractivity contribution in [3.05, 3.63) is 28.2 Å². The van der Waals surface area contributed by atoms with Crippen LogP contribution >= 0.6 is 15.9 Å². The Morgan fingerprint density at radius 2 is 2.05 bits per heavy atom. The molecule has 1 aliphatic carbocycles. The van der Waals surface area contributed by atoms with E-state index in [1.807, 2.05) is 18.2 Å². The molecule has 0 saturated heterocycles. The summed E-state index contributed by atoms with van der Waals surface area (Å²) < 4.78 is 6.31. The molecule has 1 saturated carbocycles. The molecule has 0 aromatic heterocycles. The SMILES string of the molecule is COc1ccc(Br)cc1CC(=O)CC1(CN)CCCCC1. The lowest BCUT2D eigenvalue weighted by Gasteiger charge is -2.35. The fraction of sp³-hybridized carbons (Fsp3) is 0.588. The highest BCUT2D eigenvalue weighted by Gasteiger charge is 2.32. The van der Waals surface area contributed by atoms with Gasteiger partial charge in [-0.1, -0.05) is 35.2 Å². The fourth-order valence-corrected chi connectivity index (χ4v) is 3.74. The van der Waals surface area contributed by atoms with Crippen LogP contribution in [0, 0.1) is 5.41 Å². The molecule has 2 rings (SSSR count). The summed E-state index contributed by atoms with van der Waals surface area (Å²) in [6.45, 7) is 0.619. The summed E-state index contributed by atoms with van der Waals surface area (Å²) in [7, 11) is 1.64. The number of rotatable bonds is 6. The number of carbonyl (C=O) groups excluding carboxylic acids is 1. The van der Waals surface area contributed by atoms with Crippen molar-refractivity contribution in [3.8, 4) is 5.75 Å². The molecule has 1 fully saturated rings. The van der Waals surface area contributed by atoms with Gasteiger partial charge >= 0.3 is 0 Å². The molecule has 1 aromatic carbocycles. The van der Waals surface area contributed by atoms with Gasteiger partial charge in [-0.2, -0.15) is 0 Å². The van der Waals surface area contributed by atoms with Crippen molar-refractivity contribution in [2.45, 2.75) is 44.9 Å². The summed E-state index contributed by atoms with van der Waals surface area (Å²) in [5.74, 6) is 1.04. The van der Waals surface area contributed by atoms with E-state index >= 15 is 0 Å². The highest BCUT2D eigenvalue weighted by Crippen LogP contribution is 2.39. The highest BCUT2D eigenvalue weighted by molar-refractivity contribution is 9.10. The zero-order chi connectivity index (χ0) is 15.3. The number of ketones is 1. The molecule has 4 heteroatoms. The smallest absolute Gasteiger partial charge is 0.138 e. The first-order valence-corrected chi connectivity index (χ1v) is 8.42. The molecule has 116 valence electrons. The first kappa shape index (κ1) is 16.5. The first-order valence-electron chi connectivity index (χ1n) is 7.63. The van der Waals surface area contributed by atoms with E-state index < -0.39 is 0 Å². The second-order valence-corrected chi connectivity index (χ2v) is 7.03. The Morgan fingerprint density at radius 3 is 2.67 bits per heavy atom. The van der Waals surface area contributed by atoms with Crippen LogP contribution in [0.4, 0.5) is 0 Å². The Kier molecular flexibility index (Phi) is 5.82. The average molecular weight is 354 g/mol. The van der Waals surface area contributed by atoms with Crippen LogP contribution in [-0.4, -0.2) is 19.4 Å². The third-order valence-corrected chi connectivity index (χ3v) is 5.04. The van der Waals surface area contributed by atoms with E-state index in [-0.39, 0.29) is 11.2 Å². The maximum Gasteiger partial charge on any atom is 0.138 e. The lowest BCUT2D eigenvalue weighted by atomic mass is 9.70. The van der Waals surface area contributed by atoms with Crippen LogP contribution in [0.1, 0.15) is 44.1 Å². The van der Waals surface area contributed by atoms with Crippen LogP contribution in [0.25, 0.3) is 0 Å². The molecule has 1 aliphatic rings. The third kappa shape index (κ3) is 4.30. The number of halogens is 1. The summed E-state index contributed by atoms with van der Waals surface area (Å²) in [4.78, 5) is 12.5. The summed E-state index contributed by atoms with van der Waals surface area (Å²) >= 11 is 3.45. The van der Waals surface area contributed by atoms with Crippen molar-refractivity contribution < 1.29 is 9.53 Å². The lowest BCUT2D eigenvalue weighted by Crippen LogP contribution is -2.35. The molecule has 3 nitrogen and oxygen atoms in total. The molecular formula is C17H24BrNO2. The van der Waals surface area contributed by atoms with Crippen LogP contribution in [0.2, 0.25) is 0 Å². The molecule has 2 N–H and O–H groups in total. The minimum atomic E-state index is 0.0363. The lowest BCUT2D eigenvalue weighted by molar-refractivity contribution is -0.121. The van der Waals surface area contributed by atoms with Crippen LogP contribution in [0.15, 0.2) is 22.7 Å². The van der Waals surface area contributed by atoms with Gasteiger partial charge in [-0.05, 0) is 43.0 Å². The number of benzene rings is 1. The maximum atomic E-state index is 12.5. The number of Topliss-reactive ketones (excluding diaryl/α,β-unsaturated/α-hetero) is 1. The van der Waals surface area contributed by atoms with Crippen molar-refractivity contribution in [3.63, 3.8) is 0 Å². The van der Waals surface area contributed by atoms with Crippen LogP contribution in [0.3, 0.4) is 0 Å². The maximum absolute atomic E-state index is 12.5. The number of hydrogen-bond acceptors (Lipinski definition) is 3. The second-order valence-electron chi connectivity index (χ2n) is 6.11. The number of methoxy groups -OCH3 is 1. The van der Waals surface area contributed by atoms with Gasteiger partial charge in [0.2, 0.25) is 0 Å². The van der Waals surface area contributed by atoms with Gasteiger partial charge in [-0.25, -0.2) is 0 Å². The summed E-state index contributed by atoms with van der Waals surface area (Å²) in [5.41, 5.74) is 6.96. The molecule has 21 heavy (non-hydrogen) atoms. The summed E-state index contributed by atoms with van der Waals surface area (Å²) in [5, 5.41) is 0. The van der Waals surface area contributed by atoms with E-state index in [0.717, 1.165) is 28.6 Å². The Balaban J connectivity index is 2.05. The first-order chi connectivity index (χ1) is 10.1. The largest absolute Gasteiger partial charge is 0.496 e. The topological polar surface area (TPSA) is 52.3 Å². The van der Waals surface area contributed by atoms with Crippen LogP contribution < -0.4 is 10.5 Å². The Morgan fingerprint density at radius 1 is 1.33 bits per heavy atom. The minimum Gasteiger partial charge on any atom is -0.496 e. The van der Waals surface area contributed by atoms with Crippen molar-refractivity contribution in [1.82, 2.24) is 0 Å². The van der Waals surface area contributed by atoms with Gasteiger partial charge < -0.3 is 10.5 Å². The quantitative estimate of drug-likeness (QED) is 0.844. The average Bonchev–Trinajstić information content (AvgIpc) is 2.48. The van der Waals surface area contributed by atoms with Gasteiger partial charge in [0.1, 0.15) is 11.5 Å². The number of hydrogen-bond donors (Lipinski definition) is 1. The zero-order valence-electron chi connectivity index (χ0n) is 12.7. The molecule has 0 heterocycles. The summed E-state index contributed by atoms with van der Waals surface area (Å²) in [6.07, 6.45) is 6.87. The van der Waals surface area contributed by atoms with E-state index in [9.17, 15) is 4.79 Å². The van der Waals surface area contributed by atoms with Crippen LogP contribution in [-0.2, 0) is 11.2 Å². The predicted octanol–water partition coefficient (Wildman–Crippen LogP) is 3.87. The monoisotopic (exact) mass is 353 g/mol. The van der Waals surface area contributed by atoms with Gasteiger partial charge in [-0.3, -0.25) is 4.79 Å². The number of nitrogens with two attached hydrogens (primary N) is 1. The number of ether oxygens (including phenoxy) is 1. The van der Waals surface area contributed by atoms with Crippen molar-refractivity contribution in [2.24, 2.45) is 11.1 Å². The standard InChI is InChI=1S/C17H24BrNO2/c1-21-16-6-5-14(18)9-13(16)10-15(20)11-17(12-19)7-3-2-4-8-17/h5-6,9H,2-4,7-8,10-12,19H2,1H3. The number of carbonyl (C=O) groups is 1. The van der Waals surface area contributed by atoms with Gasteiger partial charge in [0, 0.05) is 22.9 Å². The Bertz CT molecular complexity index is 496. The molecule has 0 amide bonds. The zero-order valence-corrected chi connectivity index (χ0v) is 14.2. The fourth-order valence-electron chi connectivity index (χ4n) is 3.33. The Labute approximate surface area is 135 Å². The normalized spacial score (nSPS) is 17.5. The molecule has 1 aromatic rings. The van der Waals surface area contributed by atoms with E-state index in [2.05, 4.69) is 15.9 Å². The Hall–Kier alpha value is -0.870. The molecule has 0 radical (unpaired) electrons. The minimum absolute atomic E-state index is 0.0363. The van der Waals surface area contributed by atoms with E-state index in [1.54, 1.807) is 7.11 Å². The van der Waals surface area contributed by atoms with Gasteiger partial charge in [0.15, 0.2) is 0 Å². The van der Waals surface area contributed by atoms with E-state index in [4.69, 9.17) is 10.5 Å². The van der Waals surface area contributed by atoms with Gasteiger partial charge in [0.25, 0.3) is 0 Å². The molecule has 0 atom stereocenters. The molecular weight excluding hydrogens is 330 g/mol. The third-order valence-electron chi connectivity index (χ3n) is 4.55. The molecule has 0 bridgehead atoms. The van der Waals surface area contributed by atoms with Crippen LogP contribution in [0.5, 0.6) is 5.75 Å². The summed E-state index contributed by atoms with van der Waals surface area (Å²) in [6, 6.07) is 5.79. The van der Waals surface area contributed by atoms with E-state index in [0.29, 0.717) is 19.4 Å². The second kappa shape index (κ2) is 7.41. The van der Waals surface area contributed by atoms with Gasteiger partial charge in [-0.15, -0.1) is 0 Å². The molecule has 0 unspecified atom stereocenters.